The number of hydrogen-bond acceptors (Lipinski definition) is 6. The Hall–Kier alpha value is -2.62. The van der Waals surface area contributed by atoms with Crippen LogP contribution in [0.15, 0.2) is 12.2 Å². The van der Waals surface area contributed by atoms with Gasteiger partial charge >= 0.3 is 6.09 Å². The fourth-order valence-electron chi connectivity index (χ4n) is 4.53. The van der Waals surface area contributed by atoms with Gasteiger partial charge in [0.1, 0.15) is 18.2 Å². The summed E-state index contributed by atoms with van der Waals surface area (Å²) in [4.78, 5) is 57.0. The molecule has 0 aromatic rings. The molecule has 10 nitrogen and oxygen atoms in total. The van der Waals surface area contributed by atoms with E-state index in [-0.39, 0.29) is 24.3 Å². The number of hydrogen-bond donors (Lipinski definition) is 3. The summed E-state index contributed by atoms with van der Waals surface area (Å²) >= 11 is 0. The fourth-order valence-corrected chi connectivity index (χ4v) is 4.53. The highest BCUT2D eigenvalue weighted by molar-refractivity contribution is 5.91. The van der Waals surface area contributed by atoms with Crippen LogP contribution in [0.1, 0.15) is 91.4 Å². The van der Waals surface area contributed by atoms with Crippen molar-refractivity contribution >= 4 is 23.8 Å². The van der Waals surface area contributed by atoms with E-state index in [1.54, 1.807) is 7.05 Å². The minimum Gasteiger partial charge on any atom is -0.446 e. The maximum absolute atomic E-state index is 13.4. The summed E-state index contributed by atoms with van der Waals surface area (Å²) in [6.07, 6.45) is 11.5. The topological polar surface area (TPSA) is 126 Å². The number of unbranched alkanes of at least 4 members (excludes halogenated alkanes) is 4. The van der Waals surface area contributed by atoms with Crippen LogP contribution < -0.4 is 16.0 Å². The van der Waals surface area contributed by atoms with Gasteiger partial charge in [-0.2, -0.15) is 0 Å². The van der Waals surface area contributed by atoms with Gasteiger partial charge < -0.3 is 20.7 Å². The van der Waals surface area contributed by atoms with Crippen molar-refractivity contribution in [2.45, 2.75) is 110 Å². The monoisotopic (exact) mass is 538 g/mol. The Balaban J connectivity index is 3.21. The van der Waals surface area contributed by atoms with E-state index in [2.05, 4.69) is 22.9 Å². The molecule has 0 aliphatic carbocycles. The first-order valence-corrected chi connectivity index (χ1v) is 14.1. The molecular weight excluding hydrogens is 488 g/mol. The Morgan fingerprint density at radius 3 is 2.50 bits per heavy atom. The summed E-state index contributed by atoms with van der Waals surface area (Å²) in [6.45, 7) is 6.07. The number of cyclic esters (lactones) is 1. The van der Waals surface area contributed by atoms with Crippen molar-refractivity contribution in [3.8, 4) is 0 Å². The van der Waals surface area contributed by atoms with Gasteiger partial charge in [-0.3, -0.25) is 19.2 Å². The highest BCUT2D eigenvalue weighted by Gasteiger charge is 2.33. The van der Waals surface area contributed by atoms with Crippen molar-refractivity contribution in [1.29, 1.82) is 0 Å². The summed E-state index contributed by atoms with van der Waals surface area (Å²) in [7, 11) is 4.35. The molecule has 0 bridgehead atoms. The quantitative estimate of drug-likeness (QED) is 0.208. The summed E-state index contributed by atoms with van der Waals surface area (Å²) in [5.41, 5.74) is 0. The van der Waals surface area contributed by atoms with E-state index in [4.69, 9.17) is 9.57 Å². The van der Waals surface area contributed by atoms with Crippen LogP contribution in [0, 0.1) is 11.8 Å². The first-order valence-electron chi connectivity index (χ1n) is 14.1. The molecule has 0 saturated carbocycles. The van der Waals surface area contributed by atoms with Gasteiger partial charge in [0, 0.05) is 20.0 Å². The molecule has 1 rings (SSSR count). The maximum atomic E-state index is 13.4. The molecule has 218 valence electrons. The van der Waals surface area contributed by atoms with Crippen molar-refractivity contribution in [2.24, 2.45) is 11.8 Å². The Kier molecular flexibility index (Phi) is 16.4. The average Bonchev–Trinajstić information content (AvgIpc) is 2.88. The third-order valence-electron chi connectivity index (χ3n) is 6.80. The average molecular weight is 539 g/mol. The normalized spacial score (nSPS) is 24.3. The number of nitrogens with zero attached hydrogens (tertiary/aromatic N) is 1. The Bertz CT molecular complexity index is 772. The highest BCUT2D eigenvalue weighted by atomic mass is 16.7. The van der Waals surface area contributed by atoms with Crippen LogP contribution in [0.25, 0.3) is 0 Å². The first kappa shape index (κ1) is 33.4. The molecule has 0 radical (unpaired) electrons. The number of alkyl carbamates (subject to hydrolysis) is 1. The number of carbonyl (C=O) groups is 4. The third-order valence-corrected chi connectivity index (χ3v) is 6.80. The molecule has 1 aliphatic rings. The zero-order valence-corrected chi connectivity index (χ0v) is 24.2. The van der Waals surface area contributed by atoms with Gasteiger partial charge in [-0.1, -0.05) is 58.6 Å². The number of allylic oxidation sites excluding steroid dienone is 2. The second kappa shape index (κ2) is 18.6. The van der Waals surface area contributed by atoms with Crippen molar-refractivity contribution in [3.63, 3.8) is 0 Å². The fraction of sp³-hybridized carbons (Fsp3) is 0.786. The molecule has 38 heavy (non-hydrogen) atoms. The lowest BCUT2D eigenvalue weighted by molar-refractivity contribution is -0.172. The second-order valence-electron chi connectivity index (χ2n) is 10.5. The predicted octanol–water partition coefficient (Wildman–Crippen LogP) is 3.85. The molecule has 4 atom stereocenters. The zero-order valence-electron chi connectivity index (χ0n) is 24.2. The van der Waals surface area contributed by atoms with Crippen LogP contribution in [0.5, 0.6) is 0 Å². The van der Waals surface area contributed by atoms with Crippen LogP contribution in [0.2, 0.25) is 0 Å². The van der Waals surface area contributed by atoms with Gasteiger partial charge in [-0.05, 0) is 50.9 Å². The van der Waals surface area contributed by atoms with E-state index in [1.807, 2.05) is 26.0 Å². The van der Waals surface area contributed by atoms with Gasteiger partial charge in [0.2, 0.25) is 11.8 Å². The van der Waals surface area contributed by atoms with Crippen LogP contribution in [-0.4, -0.2) is 68.3 Å². The van der Waals surface area contributed by atoms with E-state index in [0.29, 0.717) is 25.7 Å². The van der Waals surface area contributed by atoms with Gasteiger partial charge in [0.25, 0.3) is 5.91 Å². The number of ether oxygens (including phenoxy) is 1. The molecule has 0 aromatic heterocycles. The zero-order chi connectivity index (χ0) is 28.5. The molecular formula is C28H50N4O6. The lowest BCUT2D eigenvalue weighted by atomic mass is 9.93. The largest absolute Gasteiger partial charge is 0.446 e. The van der Waals surface area contributed by atoms with Crippen LogP contribution in [0.4, 0.5) is 4.79 Å². The van der Waals surface area contributed by atoms with Gasteiger partial charge in [-0.15, -0.1) is 0 Å². The minimum absolute atomic E-state index is 0.0848. The molecule has 0 spiro atoms. The van der Waals surface area contributed by atoms with Crippen molar-refractivity contribution in [1.82, 2.24) is 21.0 Å². The summed E-state index contributed by atoms with van der Waals surface area (Å²) in [6, 6.07) is -1.91. The molecule has 10 heteroatoms. The summed E-state index contributed by atoms with van der Waals surface area (Å²) in [5.74, 6) is -1.65. The number of nitrogens with one attached hydrogen (secondary N) is 3. The molecule has 1 aliphatic heterocycles. The lowest BCUT2D eigenvalue weighted by Crippen LogP contribution is -2.55. The van der Waals surface area contributed by atoms with Gasteiger partial charge in [-0.25, -0.2) is 9.86 Å². The SMILES string of the molecule is CCCCCCCC1CC/C=C\CC(C(=O)NC)C[C@@H](C(=O)N(C)OC)NC(=O)[C@H](CC(C)C)NC(=O)O1. The standard InChI is InChI=1S/C28H50N4O6/c1-7-8-9-10-13-16-22-17-14-11-12-15-21(25(33)29-4)19-24(27(35)32(5)37-6)30-26(34)23(18-20(2)3)31-28(36)38-22/h11-12,20-24H,7-10,13-19H2,1-6H3,(H,29,33)(H,30,34)(H,31,36)/b12-11-/t21?,22?,23-,24-/m0/s1. The third kappa shape index (κ3) is 12.8. The van der Waals surface area contributed by atoms with Gasteiger partial charge in [0.05, 0.1) is 7.11 Å². The highest BCUT2D eigenvalue weighted by Crippen LogP contribution is 2.19. The van der Waals surface area contributed by atoms with Crippen LogP contribution in [-0.2, 0) is 24.0 Å². The molecule has 0 saturated heterocycles. The maximum Gasteiger partial charge on any atom is 0.408 e. The Morgan fingerprint density at radius 2 is 1.87 bits per heavy atom. The Morgan fingerprint density at radius 1 is 1.16 bits per heavy atom. The van der Waals surface area contributed by atoms with E-state index in [1.165, 1.54) is 20.6 Å². The molecule has 4 amide bonds. The number of amides is 4. The number of likely N-dealkylation sites (N-methyl/N-ethyl adjacent to an activating group) is 1. The molecule has 0 aromatic carbocycles. The molecule has 1 heterocycles. The van der Waals surface area contributed by atoms with Gasteiger partial charge in [0.15, 0.2) is 0 Å². The number of hydroxylamine groups is 2. The van der Waals surface area contributed by atoms with Crippen LogP contribution >= 0.6 is 0 Å². The lowest BCUT2D eigenvalue weighted by Gasteiger charge is -2.28. The van der Waals surface area contributed by atoms with E-state index in [0.717, 1.165) is 37.2 Å². The summed E-state index contributed by atoms with van der Waals surface area (Å²) in [5, 5.41) is 9.18. The minimum atomic E-state index is -1.02. The smallest absolute Gasteiger partial charge is 0.408 e. The summed E-state index contributed by atoms with van der Waals surface area (Å²) < 4.78 is 5.78. The van der Waals surface area contributed by atoms with E-state index in [9.17, 15) is 19.2 Å². The van der Waals surface area contributed by atoms with Crippen LogP contribution in [0.3, 0.4) is 0 Å². The van der Waals surface area contributed by atoms with Crippen molar-refractivity contribution < 1.29 is 28.8 Å². The predicted molar refractivity (Wildman–Crippen MR) is 147 cm³/mol. The molecule has 2 unspecified atom stereocenters. The number of rotatable bonds is 11. The Labute approximate surface area is 228 Å². The molecule has 0 fully saturated rings. The molecule has 3 N–H and O–H groups in total. The van der Waals surface area contributed by atoms with E-state index < -0.39 is 35.9 Å². The van der Waals surface area contributed by atoms with Crippen molar-refractivity contribution in [3.05, 3.63) is 12.2 Å². The van der Waals surface area contributed by atoms with Crippen molar-refractivity contribution in [2.75, 3.05) is 21.2 Å². The second-order valence-corrected chi connectivity index (χ2v) is 10.5. The van der Waals surface area contributed by atoms with E-state index >= 15 is 0 Å². The first-order chi connectivity index (χ1) is 18.1. The number of carbonyl (C=O) groups excluding carboxylic acids is 4.